The number of aliphatic hydroxyl groups is 1. The first-order chi connectivity index (χ1) is 17.0. The van der Waals surface area contributed by atoms with E-state index >= 15 is 0 Å². The van der Waals surface area contributed by atoms with Crippen molar-refractivity contribution in [2.24, 2.45) is 13.0 Å². The van der Waals surface area contributed by atoms with Gasteiger partial charge in [-0.25, -0.2) is 4.98 Å². The van der Waals surface area contributed by atoms with E-state index in [1.54, 1.807) is 38.8 Å². The molecule has 0 aliphatic carbocycles. The quantitative estimate of drug-likeness (QED) is 0.391. The molecule has 0 aliphatic heterocycles. The lowest BCUT2D eigenvalue weighted by Crippen LogP contribution is -2.45. The Balaban J connectivity index is 1.95. The summed E-state index contributed by atoms with van der Waals surface area (Å²) in [4.78, 5) is 29.6. The molecule has 3 aromatic rings. The highest BCUT2D eigenvalue weighted by molar-refractivity contribution is 5.81. The van der Waals surface area contributed by atoms with Gasteiger partial charge in [-0.2, -0.15) is 0 Å². The fraction of sp³-hybridized carbons (Fsp3) is 0.519. The van der Waals surface area contributed by atoms with Crippen LogP contribution in [0.1, 0.15) is 44.9 Å². The first-order valence-corrected chi connectivity index (χ1v) is 12.3. The summed E-state index contributed by atoms with van der Waals surface area (Å²) in [5, 5.41) is 13.2. The summed E-state index contributed by atoms with van der Waals surface area (Å²) in [6, 6.07) is 6.97. The number of aryl methyl sites for hydroxylation is 2. The monoisotopic (exact) mass is 498 g/mol. The van der Waals surface area contributed by atoms with Crippen molar-refractivity contribution in [3.63, 3.8) is 0 Å². The molecule has 0 saturated heterocycles. The average Bonchev–Trinajstić information content (AvgIpc) is 3.20. The zero-order valence-electron chi connectivity index (χ0n) is 22.2. The van der Waals surface area contributed by atoms with Crippen molar-refractivity contribution in [1.82, 2.24) is 19.4 Å². The number of aliphatic hydroxyl groups excluding tert-OH is 1. The van der Waals surface area contributed by atoms with Gasteiger partial charge in [-0.3, -0.25) is 14.9 Å². The van der Waals surface area contributed by atoms with Crippen molar-refractivity contribution in [2.75, 3.05) is 20.3 Å². The molecule has 0 spiro atoms. The predicted molar refractivity (Wildman–Crippen MR) is 140 cm³/mol. The SMILES string of the molecule is COC[C@@H](C)n1c(-c2cc(C)c(=O)n(C)c2)nc2cc(CN[C@@H](C(=O)OCC(C)C)[C@@H](C)O)ccc21. The second-order valence-electron chi connectivity index (χ2n) is 9.88. The summed E-state index contributed by atoms with van der Waals surface area (Å²) in [6.07, 6.45) is 0.896. The number of carbonyl (C=O) groups is 1. The molecule has 0 aliphatic rings. The Morgan fingerprint density at radius 1 is 1.17 bits per heavy atom. The van der Waals surface area contributed by atoms with Crippen LogP contribution in [0, 0.1) is 12.8 Å². The first-order valence-electron chi connectivity index (χ1n) is 12.3. The third kappa shape index (κ3) is 6.21. The number of pyridine rings is 1. The summed E-state index contributed by atoms with van der Waals surface area (Å²) in [5.41, 5.74) is 4.08. The molecule has 36 heavy (non-hydrogen) atoms. The molecule has 2 N–H and O–H groups in total. The lowest BCUT2D eigenvalue weighted by Gasteiger charge is -2.21. The molecule has 0 saturated carbocycles. The smallest absolute Gasteiger partial charge is 0.325 e. The van der Waals surface area contributed by atoms with E-state index in [1.807, 2.05) is 38.1 Å². The average molecular weight is 499 g/mol. The Kier molecular flexibility index (Phi) is 9.05. The normalized spacial score (nSPS) is 14.2. The molecular formula is C27H38N4O5. The summed E-state index contributed by atoms with van der Waals surface area (Å²) in [5.74, 6) is 0.494. The fourth-order valence-corrected chi connectivity index (χ4v) is 4.24. The number of methoxy groups -OCH3 is 1. The Bertz CT molecular complexity index is 1230. The van der Waals surface area contributed by atoms with Gasteiger partial charge >= 0.3 is 5.97 Å². The van der Waals surface area contributed by atoms with Crippen molar-refractivity contribution in [3.8, 4) is 11.4 Å². The molecule has 0 bridgehead atoms. The minimum atomic E-state index is -0.901. The first kappa shape index (κ1) is 27.6. The third-order valence-electron chi connectivity index (χ3n) is 6.04. The van der Waals surface area contributed by atoms with Crippen LogP contribution in [0.15, 0.2) is 35.3 Å². The minimum Gasteiger partial charge on any atom is -0.464 e. The Morgan fingerprint density at radius 3 is 2.50 bits per heavy atom. The maximum Gasteiger partial charge on any atom is 0.325 e. The van der Waals surface area contributed by atoms with Crippen LogP contribution in [-0.4, -0.2) is 57.7 Å². The van der Waals surface area contributed by atoms with Gasteiger partial charge in [0.15, 0.2) is 0 Å². The fourth-order valence-electron chi connectivity index (χ4n) is 4.24. The van der Waals surface area contributed by atoms with E-state index in [4.69, 9.17) is 14.5 Å². The van der Waals surface area contributed by atoms with Gasteiger partial charge in [-0.1, -0.05) is 19.9 Å². The predicted octanol–water partition coefficient (Wildman–Crippen LogP) is 2.96. The molecule has 1 aromatic carbocycles. The Hall–Kier alpha value is -3.01. The van der Waals surface area contributed by atoms with Gasteiger partial charge in [0.05, 0.1) is 36.4 Å². The van der Waals surface area contributed by atoms with Gasteiger partial charge in [-0.15, -0.1) is 0 Å². The number of aromatic nitrogens is 3. The van der Waals surface area contributed by atoms with Crippen LogP contribution in [0.4, 0.5) is 0 Å². The molecule has 0 fully saturated rings. The molecule has 3 atom stereocenters. The van der Waals surface area contributed by atoms with E-state index in [2.05, 4.69) is 16.8 Å². The molecule has 0 unspecified atom stereocenters. The van der Waals surface area contributed by atoms with Crippen LogP contribution < -0.4 is 10.9 Å². The maximum atomic E-state index is 12.4. The maximum absolute atomic E-state index is 12.4. The standard InChI is InChI=1S/C27H38N4O5/c1-16(2)14-36-27(34)24(19(5)32)28-12-20-8-9-23-22(11-20)29-25(31(23)18(4)15-35-7)21-10-17(3)26(33)30(6)13-21/h8-11,13,16,18-19,24,28,32H,12,14-15H2,1-7H3/t18-,19-,24-/m1/s1. The van der Waals surface area contributed by atoms with Crippen LogP contribution in [0.2, 0.25) is 0 Å². The minimum absolute atomic E-state index is 0.00635. The molecule has 0 radical (unpaired) electrons. The molecule has 9 nitrogen and oxygen atoms in total. The third-order valence-corrected chi connectivity index (χ3v) is 6.04. The van der Waals surface area contributed by atoms with Crippen LogP contribution >= 0.6 is 0 Å². The van der Waals surface area contributed by atoms with Gasteiger partial charge in [0, 0.05) is 38.0 Å². The number of fused-ring (bicyclic) bond motifs is 1. The second kappa shape index (κ2) is 11.8. The van der Waals surface area contributed by atoms with E-state index in [9.17, 15) is 14.7 Å². The number of nitrogens with one attached hydrogen (secondary N) is 1. The zero-order chi connectivity index (χ0) is 26.6. The number of hydrogen-bond donors (Lipinski definition) is 2. The molecule has 0 amide bonds. The molecule has 196 valence electrons. The highest BCUT2D eigenvalue weighted by atomic mass is 16.5. The summed E-state index contributed by atoms with van der Waals surface area (Å²) >= 11 is 0. The lowest BCUT2D eigenvalue weighted by atomic mass is 10.1. The topological polar surface area (TPSA) is 108 Å². The molecule has 2 aromatic heterocycles. The zero-order valence-corrected chi connectivity index (χ0v) is 22.2. The highest BCUT2D eigenvalue weighted by Gasteiger charge is 2.25. The summed E-state index contributed by atoms with van der Waals surface area (Å²) in [7, 11) is 3.40. The number of ether oxygens (including phenoxy) is 2. The van der Waals surface area contributed by atoms with Crippen molar-refractivity contribution < 1.29 is 19.4 Å². The van der Waals surface area contributed by atoms with Crippen LogP contribution in [0.5, 0.6) is 0 Å². The van der Waals surface area contributed by atoms with Gasteiger partial charge in [-0.05, 0) is 50.5 Å². The molecule has 2 heterocycles. The molecule has 9 heteroatoms. The number of nitrogens with zero attached hydrogens (tertiary/aromatic N) is 3. The van der Waals surface area contributed by atoms with Gasteiger partial charge < -0.3 is 23.7 Å². The summed E-state index contributed by atoms with van der Waals surface area (Å²) < 4.78 is 14.4. The Morgan fingerprint density at radius 2 is 1.89 bits per heavy atom. The van der Waals surface area contributed by atoms with Crippen LogP contribution in [-0.2, 0) is 27.9 Å². The number of carbonyl (C=O) groups excluding carboxylic acids is 1. The second-order valence-corrected chi connectivity index (χ2v) is 9.88. The molecule has 3 rings (SSSR count). The van der Waals surface area contributed by atoms with Crippen molar-refractivity contribution in [3.05, 3.63) is 51.9 Å². The van der Waals surface area contributed by atoms with Gasteiger partial charge in [0.2, 0.25) is 0 Å². The highest BCUT2D eigenvalue weighted by Crippen LogP contribution is 2.29. The van der Waals surface area contributed by atoms with E-state index in [1.165, 1.54) is 0 Å². The van der Waals surface area contributed by atoms with E-state index in [0.717, 1.165) is 28.0 Å². The van der Waals surface area contributed by atoms with E-state index < -0.39 is 18.1 Å². The number of esters is 1. The van der Waals surface area contributed by atoms with Crippen molar-refractivity contribution >= 4 is 17.0 Å². The number of rotatable bonds is 11. The van der Waals surface area contributed by atoms with Gasteiger partial charge in [0.25, 0.3) is 5.56 Å². The van der Waals surface area contributed by atoms with Crippen LogP contribution in [0.3, 0.4) is 0 Å². The van der Waals surface area contributed by atoms with Crippen LogP contribution in [0.25, 0.3) is 22.4 Å². The summed E-state index contributed by atoms with van der Waals surface area (Å²) in [6.45, 7) is 10.5. The van der Waals surface area contributed by atoms with Gasteiger partial charge in [0.1, 0.15) is 11.9 Å². The van der Waals surface area contributed by atoms with E-state index in [0.29, 0.717) is 25.3 Å². The number of hydrogen-bond acceptors (Lipinski definition) is 7. The van der Waals surface area contributed by atoms with E-state index in [-0.39, 0.29) is 17.5 Å². The largest absolute Gasteiger partial charge is 0.464 e. The lowest BCUT2D eigenvalue weighted by molar-refractivity contribution is -0.150. The number of imidazole rings is 1. The molecular weight excluding hydrogens is 460 g/mol. The number of benzene rings is 1. The van der Waals surface area contributed by atoms with Crippen molar-refractivity contribution in [1.29, 1.82) is 0 Å². The Labute approximate surface area is 212 Å². The van der Waals surface area contributed by atoms with Crippen molar-refractivity contribution in [2.45, 2.75) is 59.4 Å².